The summed E-state index contributed by atoms with van der Waals surface area (Å²) < 4.78 is 0. The molecule has 0 aliphatic carbocycles. The Morgan fingerprint density at radius 3 is 2.60 bits per heavy atom. The summed E-state index contributed by atoms with van der Waals surface area (Å²) in [5.41, 5.74) is 11.7. The third-order valence-corrected chi connectivity index (χ3v) is 4.92. The van der Waals surface area contributed by atoms with Crippen LogP contribution in [0.2, 0.25) is 0 Å². The fraction of sp³-hybridized carbons (Fsp3) is 0.190. The van der Waals surface area contributed by atoms with Gasteiger partial charge in [0.05, 0.1) is 23.0 Å². The van der Waals surface area contributed by atoms with Gasteiger partial charge in [-0.05, 0) is 44.0 Å². The zero-order valence-electron chi connectivity index (χ0n) is 17.3. The summed E-state index contributed by atoms with van der Waals surface area (Å²) in [6.07, 6.45) is 3.39. The van der Waals surface area contributed by atoms with Crippen LogP contribution in [0.25, 0.3) is 10.9 Å². The Morgan fingerprint density at radius 2 is 1.83 bits per heavy atom. The van der Waals surface area contributed by atoms with E-state index in [4.69, 9.17) is 5.73 Å². The highest BCUT2D eigenvalue weighted by Gasteiger charge is 2.13. The van der Waals surface area contributed by atoms with Crippen molar-refractivity contribution in [2.24, 2.45) is 10.7 Å². The van der Waals surface area contributed by atoms with Crippen LogP contribution in [0.3, 0.4) is 0 Å². The Labute approximate surface area is 173 Å². The fourth-order valence-corrected chi connectivity index (χ4v) is 3.08. The Bertz CT molecular complexity index is 1260. The first kappa shape index (κ1) is 19.3. The number of amidine groups is 1. The summed E-state index contributed by atoms with van der Waals surface area (Å²) in [6, 6.07) is 7.84. The van der Waals surface area contributed by atoms with Gasteiger partial charge in [-0.2, -0.15) is 10.1 Å². The van der Waals surface area contributed by atoms with Crippen molar-refractivity contribution in [1.29, 1.82) is 0 Å². The Hall–Kier alpha value is -4.01. The lowest BCUT2D eigenvalue weighted by molar-refractivity contribution is 1.11. The average Bonchev–Trinajstić information content (AvgIpc) is 3.21. The van der Waals surface area contributed by atoms with Gasteiger partial charge in [0, 0.05) is 24.3 Å². The average molecular weight is 401 g/mol. The lowest BCUT2D eigenvalue weighted by Gasteiger charge is -2.11. The molecule has 0 aliphatic rings. The number of hydrogen-bond acceptors (Lipinski definition) is 7. The van der Waals surface area contributed by atoms with Crippen molar-refractivity contribution in [1.82, 2.24) is 25.1 Å². The monoisotopic (exact) mass is 401 g/mol. The molecule has 0 unspecified atom stereocenters. The third-order valence-electron chi connectivity index (χ3n) is 4.92. The van der Waals surface area contributed by atoms with Gasteiger partial charge in [-0.25, -0.2) is 15.0 Å². The van der Waals surface area contributed by atoms with Crippen molar-refractivity contribution in [3.63, 3.8) is 0 Å². The van der Waals surface area contributed by atoms with Crippen molar-refractivity contribution in [2.75, 3.05) is 17.7 Å². The van der Waals surface area contributed by atoms with Crippen LogP contribution in [-0.4, -0.2) is 38.0 Å². The van der Waals surface area contributed by atoms with E-state index in [9.17, 15) is 0 Å². The number of nitrogens with two attached hydrogens (primary N) is 1. The van der Waals surface area contributed by atoms with Crippen molar-refractivity contribution in [3.8, 4) is 0 Å². The molecule has 9 heteroatoms. The van der Waals surface area contributed by atoms with Crippen LogP contribution < -0.4 is 16.4 Å². The molecule has 30 heavy (non-hydrogen) atoms. The highest BCUT2D eigenvalue weighted by atomic mass is 15.2. The Kier molecular flexibility index (Phi) is 5.01. The summed E-state index contributed by atoms with van der Waals surface area (Å²) in [6.45, 7) is 5.96. The van der Waals surface area contributed by atoms with Crippen LogP contribution in [0.5, 0.6) is 0 Å². The lowest BCUT2D eigenvalue weighted by atomic mass is 10.1. The molecule has 0 saturated carbocycles. The molecule has 4 aromatic rings. The maximum Gasteiger partial charge on any atom is 0.230 e. The van der Waals surface area contributed by atoms with Crippen LogP contribution in [0.15, 0.2) is 41.7 Å². The molecule has 9 nitrogen and oxygen atoms in total. The summed E-state index contributed by atoms with van der Waals surface area (Å²) in [7, 11) is 1.78. The maximum absolute atomic E-state index is 6.34. The molecule has 0 saturated heterocycles. The van der Waals surface area contributed by atoms with E-state index in [1.54, 1.807) is 19.4 Å². The zero-order valence-corrected chi connectivity index (χ0v) is 17.3. The molecule has 3 heterocycles. The molecule has 0 fully saturated rings. The number of rotatable bonds is 5. The molecule has 152 valence electrons. The Balaban J connectivity index is 1.68. The van der Waals surface area contributed by atoms with Crippen LogP contribution in [-0.2, 0) is 0 Å². The summed E-state index contributed by atoms with van der Waals surface area (Å²) >= 11 is 0. The SMILES string of the molecule is CNc1nc(Nc2ccc(C)c(C)n2)ncc1C(N)=Nc1c(C)ccc2[nH]ncc12. The topological polar surface area (TPSA) is 130 Å². The lowest BCUT2D eigenvalue weighted by Crippen LogP contribution is -2.17. The number of aliphatic imine (C=N–C) groups is 1. The molecule has 0 bridgehead atoms. The number of aromatic amines is 1. The van der Waals surface area contributed by atoms with Gasteiger partial charge in [0.2, 0.25) is 5.95 Å². The van der Waals surface area contributed by atoms with E-state index >= 15 is 0 Å². The van der Waals surface area contributed by atoms with Gasteiger partial charge in [0.15, 0.2) is 0 Å². The number of aromatic nitrogens is 5. The van der Waals surface area contributed by atoms with Gasteiger partial charge in [-0.3, -0.25) is 5.10 Å². The molecule has 0 radical (unpaired) electrons. The number of H-pyrrole nitrogens is 1. The molecule has 0 spiro atoms. The van der Waals surface area contributed by atoms with E-state index in [2.05, 4.69) is 40.8 Å². The molecule has 3 aromatic heterocycles. The number of fused-ring (bicyclic) bond motifs is 1. The van der Waals surface area contributed by atoms with Gasteiger partial charge in [0.1, 0.15) is 17.5 Å². The summed E-state index contributed by atoms with van der Waals surface area (Å²) in [4.78, 5) is 18.1. The number of nitrogens with zero attached hydrogens (tertiary/aromatic N) is 5. The Morgan fingerprint density at radius 1 is 1.03 bits per heavy atom. The minimum Gasteiger partial charge on any atom is -0.383 e. The molecule has 0 atom stereocenters. The molecule has 0 amide bonds. The van der Waals surface area contributed by atoms with E-state index in [-0.39, 0.29) is 0 Å². The largest absolute Gasteiger partial charge is 0.383 e. The number of hydrogen-bond donors (Lipinski definition) is 4. The van der Waals surface area contributed by atoms with Crippen molar-refractivity contribution < 1.29 is 0 Å². The first-order valence-electron chi connectivity index (χ1n) is 9.49. The summed E-state index contributed by atoms with van der Waals surface area (Å²) in [5, 5.41) is 14.1. The predicted molar refractivity (Wildman–Crippen MR) is 120 cm³/mol. The fourth-order valence-electron chi connectivity index (χ4n) is 3.08. The normalized spacial score (nSPS) is 11.7. The minimum atomic E-state index is 0.312. The smallest absolute Gasteiger partial charge is 0.230 e. The minimum absolute atomic E-state index is 0.312. The molecule has 4 rings (SSSR count). The molecule has 0 aliphatic heterocycles. The number of aryl methyl sites for hydroxylation is 3. The first-order valence-corrected chi connectivity index (χ1v) is 9.49. The number of benzene rings is 1. The van der Waals surface area contributed by atoms with Crippen LogP contribution in [0.4, 0.5) is 23.3 Å². The van der Waals surface area contributed by atoms with Gasteiger partial charge < -0.3 is 16.4 Å². The van der Waals surface area contributed by atoms with Gasteiger partial charge >= 0.3 is 0 Å². The number of nitrogens with one attached hydrogen (secondary N) is 3. The molecule has 1 aromatic carbocycles. The van der Waals surface area contributed by atoms with Gasteiger partial charge in [-0.15, -0.1) is 0 Å². The van der Waals surface area contributed by atoms with E-state index in [0.717, 1.165) is 33.4 Å². The second-order valence-corrected chi connectivity index (χ2v) is 6.99. The first-order chi connectivity index (χ1) is 14.5. The number of pyridine rings is 1. The second-order valence-electron chi connectivity index (χ2n) is 6.99. The molecular weight excluding hydrogens is 378 g/mol. The number of anilines is 3. The molecule has 5 N–H and O–H groups in total. The predicted octanol–water partition coefficient (Wildman–Crippen LogP) is 3.50. The standard InChI is InChI=1S/C21H23N9/c1-11-6-8-17(26-13(11)3)27-21-24-9-15(20(23-4)29-21)19(22)28-18-12(2)5-7-16-14(18)10-25-30-16/h5-10H,1-4H3,(H2,22,28)(H,25,30)(H2,23,24,26,27,29). The van der Waals surface area contributed by atoms with Crippen molar-refractivity contribution in [3.05, 3.63) is 59.0 Å². The zero-order chi connectivity index (χ0) is 21.3. The van der Waals surface area contributed by atoms with E-state index in [0.29, 0.717) is 29.0 Å². The van der Waals surface area contributed by atoms with Gasteiger partial charge in [-0.1, -0.05) is 12.1 Å². The highest BCUT2D eigenvalue weighted by molar-refractivity contribution is 6.05. The van der Waals surface area contributed by atoms with Crippen LogP contribution >= 0.6 is 0 Å². The van der Waals surface area contributed by atoms with E-state index in [1.165, 1.54) is 0 Å². The molecular formula is C21H23N9. The van der Waals surface area contributed by atoms with E-state index < -0.39 is 0 Å². The quantitative estimate of drug-likeness (QED) is 0.297. The van der Waals surface area contributed by atoms with Crippen LogP contribution in [0, 0.1) is 20.8 Å². The van der Waals surface area contributed by atoms with E-state index in [1.807, 2.05) is 45.0 Å². The second kappa shape index (κ2) is 7.78. The van der Waals surface area contributed by atoms with Crippen molar-refractivity contribution in [2.45, 2.75) is 20.8 Å². The highest BCUT2D eigenvalue weighted by Crippen LogP contribution is 2.29. The van der Waals surface area contributed by atoms with Crippen molar-refractivity contribution >= 4 is 40.0 Å². The third kappa shape index (κ3) is 3.64. The van der Waals surface area contributed by atoms with Gasteiger partial charge in [0.25, 0.3) is 0 Å². The maximum atomic E-state index is 6.34. The van der Waals surface area contributed by atoms with Crippen LogP contribution in [0.1, 0.15) is 22.4 Å². The summed E-state index contributed by atoms with van der Waals surface area (Å²) in [5.74, 6) is 1.97.